The van der Waals surface area contributed by atoms with Crippen LogP contribution in [0.2, 0.25) is 0 Å². The van der Waals surface area contributed by atoms with E-state index in [1.165, 1.54) is 0 Å². The number of unbranched alkanes of at least 4 members (excludes halogenated alkanes) is 1. The number of aliphatic hydroxyl groups excluding tert-OH is 1. The van der Waals surface area contributed by atoms with E-state index in [0.717, 1.165) is 24.0 Å². The highest BCUT2D eigenvalue weighted by Crippen LogP contribution is 2.36. The molecule has 1 saturated heterocycles. The molecule has 1 N–H and O–H groups in total. The van der Waals surface area contributed by atoms with Gasteiger partial charge in [0.05, 0.1) is 18.6 Å². The number of carbonyl (C=O) groups is 1. The molecular weight excluding hydrogens is 286 g/mol. The number of hydrogen-bond donors (Lipinski definition) is 1. The zero-order chi connectivity index (χ0) is 17.0. The minimum Gasteiger partial charge on any atom is -0.388 e. The molecule has 0 saturated carbocycles. The summed E-state index contributed by atoms with van der Waals surface area (Å²) in [5.41, 5.74) is 1.91. The molecule has 0 aliphatic carbocycles. The number of aliphatic hydroxyl groups is 1. The van der Waals surface area contributed by atoms with Gasteiger partial charge in [-0.3, -0.25) is 4.79 Å². The zero-order valence-electron chi connectivity index (χ0n) is 14.7. The van der Waals surface area contributed by atoms with Crippen LogP contribution in [0.1, 0.15) is 70.2 Å². The van der Waals surface area contributed by atoms with Crippen molar-refractivity contribution in [2.45, 2.75) is 59.1 Å². The van der Waals surface area contributed by atoms with Crippen LogP contribution < -0.4 is 0 Å². The molecule has 1 fully saturated rings. The van der Waals surface area contributed by atoms with Crippen molar-refractivity contribution in [3.05, 3.63) is 47.5 Å². The van der Waals surface area contributed by atoms with Crippen LogP contribution in [0, 0.1) is 5.41 Å². The summed E-state index contributed by atoms with van der Waals surface area (Å²) in [6.45, 7) is 8.92. The summed E-state index contributed by atoms with van der Waals surface area (Å²) in [6.07, 6.45) is 6.53. The van der Waals surface area contributed by atoms with Gasteiger partial charge in [0.25, 0.3) is 0 Å². The number of amides is 1. The monoisotopic (exact) mass is 315 g/mol. The van der Waals surface area contributed by atoms with E-state index in [9.17, 15) is 9.90 Å². The average molecular weight is 315 g/mol. The van der Waals surface area contributed by atoms with E-state index in [2.05, 4.69) is 19.1 Å². The van der Waals surface area contributed by atoms with Gasteiger partial charge in [-0.25, -0.2) is 0 Å². The number of benzene rings is 1. The fraction of sp³-hybridized carbons (Fsp3) is 0.550. The molecule has 1 aliphatic heterocycles. The standard InChI is InChI=1S/C20H29NO2/c1-5-6-7-8-13-21-17(14-18(21)22)15-9-11-16(12-10-15)19(23)20(2,3)4/h7-12,17,19,23H,5-6,13-14H2,1-4H3/b8-7-/t17-,19?/m1/s1. The molecular formula is C20H29NO2. The Bertz CT molecular complexity index is 554. The molecule has 1 unspecified atom stereocenters. The smallest absolute Gasteiger partial charge is 0.225 e. The van der Waals surface area contributed by atoms with E-state index < -0.39 is 6.10 Å². The molecule has 126 valence electrons. The lowest BCUT2D eigenvalue weighted by molar-refractivity contribution is -0.145. The van der Waals surface area contributed by atoms with Crippen molar-refractivity contribution < 1.29 is 9.90 Å². The number of likely N-dealkylation sites (tertiary alicyclic amines) is 1. The third-order valence-corrected chi connectivity index (χ3v) is 4.45. The molecule has 1 heterocycles. The predicted molar refractivity (Wildman–Crippen MR) is 94.0 cm³/mol. The lowest BCUT2D eigenvalue weighted by Crippen LogP contribution is -2.46. The summed E-state index contributed by atoms with van der Waals surface area (Å²) in [6, 6.07) is 8.24. The van der Waals surface area contributed by atoms with Gasteiger partial charge in [-0.05, 0) is 23.0 Å². The highest BCUT2D eigenvalue weighted by atomic mass is 16.3. The van der Waals surface area contributed by atoms with Crippen LogP contribution in [0.3, 0.4) is 0 Å². The number of carbonyl (C=O) groups excluding carboxylic acids is 1. The Balaban J connectivity index is 2.03. The Hall–Kier alpha value is -1.61. The van der Waals surface area contributed by atoms with Crippen LogP contribution in [0.5, 0.6) is 0 Å². The SMILES string of the molecule is CCC/C=C\CN1C(=O)C[C@@H]1c1ccc(C(O)C(C)(C)C)cc1. The van der Waals surface area contributed by atoms with Gasteiger partial charge in [0.2, 0.25) is 5.91 Å². The molecule has 0 aromatic heterocycles. The normalized spacial score (nSPS) is 20.0. The van der Waals surface area contributed by atoms with Gasteiger partial charge < -0.3 is 10.0 Å². The maximum atomic E-state index is 11.8. The van der Waals surface area contributed by atoms with Gasteiger partial charge in [-0.2, -0.15) is 0 Å². The maximum Gasteiger partial charge on any atom is 0.225 e. The first kappa shape index (κ1) is 17.7. The number of β-lactam (4-membered cyclic amide) rings is 1. The molecule has 1 amide bonds. The Morgan fingerprint density at radius 1 is 1.26 bits per heavy atom. The third-order valence-electron chi connectivity index (χ3n) is 4.45. The van der Waals surface area contributed by atoms with Crippen molar-refractivity contribution >= 4 is 5.91 Å². The Morgan fingerprint density at radius 2 is 1.91 bits per heavy atom. The van der Waals surface area contributed by atoms with Gasteiger partial charge in [0.1, 0.15) is 0 Å². The van der Waals surface area contributed by atoms with Crippen molar-refractivity contribution in [1.82, 2.24) is 4.90 Å². The molecule has 3 nitrogen and oxygen atoms in total. The summed E-state index contributed by atoms with van der Waals surface area (Å²) >= 11 is 0. The number of nitrogens with zero attached hydrogens (tertiary/aromatic N) is 1. The quantitative estimate of drug-likeness (QED) is 0.624. The van der Waals surface area contributed by atoms with Crippen LogP contribution in [0.4, 0.5) is 0 Å². The summed E-state index contributed by atoms with van der Waals surface area (Å²) in [5, 5.41) is 10.3. The van der Waals surface area contributed by atoms with E-state index in [4.69, 9.17) is 0 Å². The Labute approximate surface area is 140 Å². The second kappa shape index (κ2) is 7.31. The molecule has 2 atom stereocenters. The van der Waals surface area contributed by atoms with Crippen molar-refractivity contribution in [3.8, 4) is 0 Å². The van der Waals surface area contributed by atoms with E-state index in [0.29, 0.717) is 13.0 Å². The van der Waals surface area contributed by atoms with Crippen molar-refractivity contribution in [1.29, 1.82) is 0 Å². The highest BCUT2D eigenvalue weighted by molar-refractivity contribution is 5.83. The summed E-state index contributed by atoms with van der Waals surface area (Å²) in [7, 11) is 0. The molecule has 3 heteroatoms. The molecule has 2 rings (SSSR count). The molecule has 0 spiro atoms. The van der Waals surface area contributed by atoms with Crippen molar-refractivity contribution in [3.63, 3.8) is 0 Å². The molecule has 1 aliphatic rings. The van der Waals surface area contributed by atoms with Crippen LogP contribution in [0.25, 0.3) is 0 Å². The summed E-state index contributed by atoms with van der Waals surface area (Å²) < 4.78 is 0. The Kier molecular flexibility index (Phi) is 5.64. The van der Waals surface area contributed by atoms with Crippen molar-refractivity contribution in [2.24, 2.45) is 5.41 Å². The van der Waals surface area contributed by atoms with Crippen LogP contribution in [0.15, 0.2) is 36.4 Å². The third kappa shape index (κ3) is 4.23. The van der Waals surface area contributed by atoms with Gasteiger partial charge in [0, 0.05) is 6.54 Å². The first-order valence-electron chi connectivity index (χ1n) is 8.57. The topological polar surface area (TPSA) is 40.5 Å². The highest BCUT2D eigenvalue weighted by Gasteiger charge is 2.36. The largest absolute Gasteiger partial charge is 0.388 e. The summed E-state index contributed by atoms with van der Waals surface area (Å²) in [5.74, 6) is 0.218. The number of rotatable bonds is 6. The first-order valence-corrected chi connectivity index (χ1v) is 8.57. The minimum atomic E-state index is -0.479. The number of allylic oxidation sites excluding steroid dienone is 1. The summed E-state index contributed by atoms with van der Waals surface area (Å²) in [4.78, 5) is 13.8. The molecule has 1 aromatic rings. The Morgan fingerprint density at radius 3 is 2.43 bits per heavy atom. The van der Waals surface area contributed by atoms with E-state index >= 15 is 0 Å². The van der Waals surface area contributed by atoms with E-state index in [1.54, 1.807) is 0 Å². The van der Waals surface area contributed by atoms with E-state index in [-0.39, 0.29) is 17.4 Å². The van der Waals surface area contributed by atoms with Crippen molar-refractivity contribution in [2.75, 3.05) is 6.54 Å². The van der Waals surface area contributed by atoms with Crippen LogP contribution >= 0.6 is 0 Å². The van der Waals surface area contributed by atoms with Gasteiger partial charge in [0.15, 0.2) is 0 Å². The number of hydrogen-bond acceptors (Lipinski definition) is 2. The lowest BCUT2D eigenvalue weighted by Gasteiger charge is -2.40. The average Bonchev–Trinajstić information content (AvgIpc) is 2.51. The molecule has 0 bridgehead atoms. The van der Waals surface area contributed by atoms with Crippen LogP contribution in [-0.2, 0) is 4.79 Å². The second-order valence-electron chi connectivity index (χ2n) is 7.46. The molecule has 1 aromatic carbocycles. The van der Waals surface area contributed by atoms with Crippen LogP contribution in [-0.4, -0.2) is 22.5 Å². The van der Waals surface area contributed by atoms with Gasteiger partial charge in [-0.15, -0.1) is 0 Å². The molecule has 0 radical (unpaired) electrons. The predicted octanol–water partition coefficient (Wildman–Crippen LogP) is 4.40. The second-order valence-corrected chi connectivity index (χ2v) is 7.46. The van der Waals surface area contributed by atoms with Gasteiger partial charge >= 0.3 is 0 Å². The first-order chi connectivity index (χ1) is 10.8. The fourth-order valence-electron chi connectivity index (χ4n) is 2.85. The van der Waals surface area contributed by atoms with Gasteiger partial charge in [-0.1, -0.05) is 70.5 Å². The minimum absolute atomic E-state index is 0.176. The van der Waals surface area contributed by atoms with E-state index in [1.807, 2.05) is 49.9 Å². The molecule has 23 heavy (non-hydrogen) atoms. The lowest BCUT2D eigenvalue weighted by atomic mass is 9.84. The maximum absolute atomic E-state index is 11.8. The zero-order valence-corrected chi connectivity index (χ0v) is 14.7. The fourth-order valence-corrected chi connectivity index (χ4v) is 2.85.